The molecule has 1 aromatic carbocycles. The molecule has 0 bridgehead atoms. The van der Waals surface area contributed by atoms with Crippen molar-refractivity contribution in [1.29, 1.82) is 0 Å². The van der Waals surface area contributed by atoms with Gasteiger partial charge >= 0.3 is 0 Å². The number of piperazine rings is 1. The van der Waals surface area contributed by atoms with Gasteiger partial charge < -0.3 is 19.5 Å². The van der Waals surface area contributed by atoms with Gasteiger partial charge in [0.1, 0.15) is 11.5 Å². The Hall–Kier alpha value is -2.34. The monoisotopic (exact) mass is 341 g/mol. The number of fused-ring (bicyclic) bond motifs is 1. The first-order chi connectivity index (χ1) is 12.3. The second-order valence-electron chi connectivity index (χ2n) is 6.63. The van der Waals surface area contributed by atoms with E-state index in [1.54, 1.807) is 7.11 Å². The van der Waals surface area contributed by atoms with Crippen molar-refractivity contribution in [2.75, 3.05) is 26.7 Å². The lowest BCUT2D eigenvalue weighted by atomic mass is 9.95. The first-order valence-electron chi connectivity index (χ1n) is 8.91. The lowest BCUT2D eigenvalue weighted by Crippen LogP contribution is -2.49. The Labute approximate surface area is 147 Å². The summed E-state index contributed by atoms with van der Waals surface area (Å²) in [6, 6.07) is 7.90. The second-order valence-corrected chi connectivity index (χ2v) is 6.63. The van der Waals surface area contributed by atoms with E-state index >= 15 is 0 Å². The number of carbonyl (C=O) groups is 1. The summed E-state index contributed by atoms with van der Waals surface area (Å²) < 4.78 is 10.7. The maximum atomic E-state index is 13.2. The largest absolute Gasteiger partial charge is 0.497 e. The standard InChI is InChI=1S/C19H23N3O3/c1-24-14-8-6-13(7-9-14)16-12-20-10-11-22(16)19(23)18-15-4-2-3-5-17(15)25-21-18/h6-9,16,20H,2-5,10-12H2,1H3/t16-/m1/s1. The Balaban J connectivity index is 1.62. The maximum Gasteiger partial charge on any atom is 0.276 e. The molecule has 1 aromatic heterocycles. The van der Waals surface area contributed by atoms with Crippen molar-refractivity contribution >= 4 is 5.91 Å². The number of aryl methyl sites for hydroxylation is 1. The SMILES string of the molecule is COc1ccc([C@H]2CNCCN2C(=O)c2noc3c2CCCC3)cc1. The van der Waals surface area contributed by atoms with Gasteiger partial charge in [-0.25, -0.2) is 0 Å². The minimum atomic E-state index is -0.0192. The molecule has 1 amide bonds. The van der Waals surface area contributed by atoms with E-state index in [4.69, 9.17) is 9.26 Å². The number of hydrogen-bond acceptors (Lipinski definition) is 5. The zero-order chi connectivity index (χ0) is 17.2. The average Bonchev–Trinajstić information content (AvgIpc) is 3.12. The van der Waals surface area contributed by atoms with Gasteiger partial charge in [0.15, 0.2) is 5.69 Å². The quantitative estimate of drug-likeness (QED) is 0.928. The van der Waals surface area contributed by atoms with Gasteiger partial charge in [-0.2, -0.15) is 0 Å². The third-order valence-electron chi connectivity index (χ3n) is 5.16. The molecule has 0 radical (unpaired) electrons. The molecule has 25 heavy (non-hydrogen) atoms. The van der Waals surface area contributed by atoms with Crippen molar-refractivity contribution in [3.63, 3.8) is 0 Å². The number of rotatable bonds is 3. The van der Waals surface area contributed by atoms with Crippen molar-refractivity contribution in [3.8, 4) is 5.75 Å². The molecular weight excluding hydrogens is 318 g/mol. The summed E-state index contributed by atoms with van der Waals surface area (Å²) in [5.74, 6) is 1.69. The summed E-state index contributed by atoms with van der Waals surface area (Å²) >= 11 is 0. The van der Waals surface area contributed by atoms with Crippen molar-refractivity contribution in [2.24, 2.45) is 0 Å². The number of nitrogens with zero attached hydrogens (tertiary/aromatic N) is 2. The predicted molar refractivity (Wildman–Crippen MR) is 92.8 cm³/mol. The van der Waals surface area contributed by atoms with E-state index in [2.05, 4.69) is 10.5 Å². The molecule has 2 heterocycles. The van der Waals surface area contributed by atoms with Crippen LogP contribution >= 0.6 is 0 Å². The van der Waals surface area contributed by atoms with E-state index in [9.17, 15) is 4.79 Å². The molecule has 6 nitrogen and oxygen atoms in total. The fourth-order valence-corrected chi connectivity index (χ4v) is 3.76. The summed E-state index contributed by atoms with van der Waals surface area (Å²) in [4.78, 5) is 15.1. The van der Waals surface area contributed by atoms with Gasteiger partial charge in [0.05, 0.1) is 13.2 Å². The van der Waals surface area contributed by atoms with Gasteiger partial charge in [0, 0.05) is 31.6 Å². The van der Waals surface area contributed by atoms with Crippen LogP contribution in [0.4, 0.5) is 0 Å². The molecule has 1 fully saturated rings. The Bertz CT molecular complexity index is 754. The highest BCUT2D eigenvalue weighted by Gasteiger charge is 2.33. The molecule has 0 saturated carbocycles. The van der Waals surface area contributed by atoms with Crippen LogP contribution in [0.1, 0.15) is 46.3 Å². The van der Waals surface area contributed by atoms with E-state index in [-0.39, 0.29) is 11.9 Å². The van der Waals surface area contributed by atoms with Crippen molar-refractivity contribution in [2.45, 2.75) is 31.7 Å². The lowest BCUT2D eigenvalue weighted by molar-refractivity contribution is 0.0622. The van der Waals surface area contributed by atoms with Gasteiger partial charge in [0.2, 0.25) is 0 Å². The van der Waals surface area contributed by atoms with E-state index in [1.165, 1.54) is 0 Å². The molecule has 1 aliphatic heterocycles. The van der Waals surface area contributed by atoms with Crippen LogP contribution in [-0.4, -0.2) is 42.7 Å². The van der Waals surface area contributed by atoms with Crippen LogP contribution in [0, 0.1) is 0 Å². The van der Waals surface area contributed by atoms with E-state index in [0.29, 0.717) is 12.2 Å². The maximum absolute atomic E-state index is 13.2. The topological polar surface area (TPSA) is 67.6 Å². The Kier molecular flexibility index (Phi) is 4.44. The molecule has 2 aromatic rings. The molecule has 1 atom stereocenters. The van der Waals surface area contributed by atoms with Crippen LogP contribution < -0.4 is 10.1 Å². The minimum absolute atomic E-state index is 0.0110. The highest BCUT2D eigenvalue weighted by molar-refractivity contribution is 5.94. The smallest absolute Gasteiger partial charge is 0.276 e. The summed E-state index contributed by atoms with van der Waals surface area (Å²) in [6.07, 6.45) is 3.98. The van der Waals surface area contributed by atoms with E-state index in [1.807, 2.05) is 29.2 Å². The summed E-state index contributed by atoms with van der Waals surface area (Å²) in [5, 5.41) is 7.51. The molecule has 0 spiro atoms. The highest BCUT2D eigenvalue weighted by atomic mass is 16.5. The van der Waals surface area contributed by atoms with Crippen LogP contribution in [0.3, 0.4) is 0 Å². The van der Waals surface area contributed by atoms with Crippen LogP contribution in [0.2, 0.25) is 0 Å². The van der Waals surface area contributed by atoms with E-state index in [0.717, 1.165) is 61.4 Å². The summed E-state index contributed by atoms with van der Waals surface area (Å²) in [6.45, 7) is 2.19. The number of nitrogens with one attached hydrogen (secondary N) is 1. The van der Waals surface area contributed by atoms with E-state index < -0.39 is 0 Å². The minimum Gasteiger partial charge on any atom is -0.497 e. The highest BCUT2D eigenvalue weighted by Crippen LogP contribution is 2.29. The lowest BCUT2D eigenvalue weighted by Gasteiger charge is -2.36. The van der Waals surface area contributed by atoms with Gasteiger partial charge in [-0.15, -0.1) is 0 Å². The van der Waals surface area contributed by atoms with Gasteiger partial charge in [0.25, 0.3) is 5.91 Å². The number of hydrogen-bond donors (Lipinski definition) is 1. The molecule has 1 aliphatic carbocycles. The Morgan fingerprint density at radius 2 is 2.08 bits per heavy atom. The fraction of sp³-hybridized carbons (Fsp3) is 0.474. The molecule has 6 heteroatoms. The molecular formula is C19H23N3O3. The van der Waals surface area contributed by atoms with Crippen LogP contribution in [-0.2, 0) is 12.8 Å². The molecule has 1 N–H and O–H groups in total. The molecule has 1 saturated heterocycles. The van der Waals surface area contributed by atoms with Crippen molar-refractivity contribution in [3.05, 3.63) is 46.8 Å². The van der Waals surface area contributed by atoms with Gasteiger partial charge in [-0.05, 0) is 37.0 Å². The van der Waals surface area contributed by atoms with Crippen molar-refractivity contribution in [1.82, 2.24) is 15.4 Å². The molecule has 4 rings (SSSR count). The van der Waals surface area contributed by atoms with Crippen LogP contribution in [0.25, 0.3) is 0 Å². The average molecular weight is 341 g/mol. The second kappa shape index (κ2) is 6.88. The third kappa shape index (κ3) is 3.02. The zero-order valence-corrected chi connectivity index (χ0v) is 14.5. The zero-order valence-electron chi connectivity index (χ0n) is 14.5. The summed E-state index contributed by atoms with van der Waals surface area (Å²) in [7, 11) is 1.65. The Morgan fingerprint density at radius 3 is 2.88 bits per heavy atom. The number of methoxy groups -OCH3 is 1. The number of amides is 1. The predicted octanol–water partition coefficient (Wildman–Crippen LogP) is 2.35. The number of ether oxygens (including phenoxy) is 1. The normalized spacial score (nSPS) is 20.2. The first-order valence-corrected chi connectivity index (χ1v) is 8.91. The first kappa shape index (κ1) is 16.1. The van der Waals surface area contributed by atoms with Crippen molar-refractivity contribution < 1.29 is 14.1 Å². The van der Waals surface area contributed by atoms with Crippen LogP contribution in [0.5, 0.6) is 5.75 Å². The van der Waals surface area contributed by atoms with Gasteiger partial charge in [-0.1, -0.05) is 17.3 Å². The molecule has 0 unspecified atom stereocenters. The number of aromatic nitrogens is 1. The molecule has 132 valence electrons. The molecule has 2 aliphatic rings. The fourth-order valence-electron chi connectivity index (χ4n) is 3.76. The number of carbonyl (C=O) groups excluding carboxylic acids is 1. The van der Waals surface area contributed by atoms with Crippen LogP contribution in [0.15, 0.2) is 28.8 Å². The van der Waals surface area contributed by atoms with Gasteiger partial charge in [-0.3, -0.25) is 4.79 Å². The number of benzene rings is 1. The Morgan fingerprint density at radius 1 is 1.28 bits per heavy atom. The summed E-state index contributed by atoms with van der Waals surface area (Å²) in [5.41, 5.74) is 2.62. The third-order valence-corrected chi connectivity index (χ3v) is 5.16.